The van der Waals surface area contributed by atoms with Crippen LogP contribution in [0.1, 0.15) is 19.8 Å². The fourth-order valence-electron chi connectivity index (χ4n) is 2.19. The first-order valence-corrected chi connectivity index (χ1v) is 6.77. The molecule has 0 amide bonds. The van der Waals surface area contributed by atoms with Crippen LogP contribution in [0.25, 0.3) is 0 Å². The molecule has 98 valence electrons. The lowest BCUT2D eigenvalue weighted by Crippen LogP contribution is -2.38. The maximum Gasteiger partial charge on any atom is 0.328 e. The topological polar surface area (TPSA) is 68.5 Å². The van der Waals surface area contributed by atoms with Crippen LogP contribution in [0.3, 0.4) is 0 Å². The summed E-state index contributed by atoms with van der Waals surface area (Å²) < 4.78 is 5.91. The van der Waals surface area contributed by atoms with E-state index in [-0.39, 0.29) is 12.0 Å². The van der Waals surface area contributed by atoms with Crippen LogP contribution in [-0.2, 0) is 9.53 Å². The Morgan fingerprint density at radius 3 is 3.17 bits per heavy atom. The van der Waals surface area contributed by atoms with Gasteiger partial charge in [0.25, 0.3) is 0 Å². The van der Waals surface area contributed by atoms with E-state index in [1.54, 1.807) is 12.3 Å². The van der Waals surface area contributed by atoms with E-state index in [1.807, 2.05) is 11.8 Å². The van der Waals surface area contributed by atoms with Crippen molar-refractivity contribution in [1.82, 2.24) is 4.98 Å². The number of aromatic nitrogens is 1. The van der Waals surface area contributed by atoms with Crippen LogP contribution in [0.5, 0.6) is 0 Å². The molecule has 0 bridgehead atoms. The summed E-state index contributed by atoms with van der Waals surface area (Å²) in [6.07, 6.45) is 3.42. The summed E-state index contributed by atoms with van der Waals surface area (Å²) >= 11 is 3.32. The van der Waals surface area contributed by atoms with Gasteiger partial charge >= 0.3 is 5.97 Å². The Kier molecular flexibility index (Phi) is 4.06. The van der Waals surface area contributed by atoms with E-state index in [4.69, 9.17) is 10.5 Å². The van der Waals surface area contributed by atoms with Gasteiger partial charge in [0.15, 0.2) is 5.82 Å². The van der Waals surface area contributed by atoms with Crippen LogP contribution < -0.4 is 10.6 Å². The van der Waals surface area contributed by atoms with E-state index in [0.717, 1.165) is 23.9 Å². The quantitative estimate of drug-likeness (QED) is 0.864. The summed E-state index contributed by atoms with van der Waals surface area (Å²) in [5.74, 6) is 0.466. The van der Waals surface area contributed by atoms with Crippen molar-refractivity contribution in [3.05, 3.63) is 16.7 Å². The number of rotatable bonds is 3. The first-order chi connectivity index (χ1) is 8.63. The van der Waals surface area contributed by atoms with Crippen LogP contribution in [0, 0.1) is 0 Å². The minimum absolute atomic E-state index is 0.195. The molecule has 6 heteroatoms. The van der Waals surface area contributed by atoms with Crippen molar-refractivity contribution in [2.45, 2.75) is 25.8 Å². The molecule has 0 aliphatic carbocycles. The number of ether oxygens (including phenoxy) is 1. The highest BCUT2D eigenvalue weighted by molar-refractivity contribution is 9.10. The minimum Gasteiger partial charge on any atom is -0.464 e. The van der Waals surface area contributed by atoms with Crippen LogP contribution in [0.4, 0.5) is 11.5 Å². The molecule has 2 N–H and O–H groups in total. The van der Waals surface area contributed by atoms with E-state index in [1.165, 1.54) is 0 Å². The molecule has 2 rings (SSSR count). The molecule has 18 heavy (non-hydrogen) atoms. The Labute approximate surface area is 114 Å². The number of nitrogen functional groups attached to an aromatic ring is 1. The molecule has 1 aliphatic rings. The predicted molar refractivity (Wildman–Crippen MR) is 73.4 cm³/mol. The molecule has 1 aliphatic heterocycles. The number of pyridine rings is 1. The van der Waals surface area contributed by atoms with Crippen LogP contribution >= 0.6 is 15.9 Å². The maximum atomic E-state index is 11.9. The second-order valence-corrected chi connectivity index (χ2v) is 5.09. The van der Waals surface area contributed by atoms with Crippen molar-refractivity contribution in [2.75, 3.05) is 23.8 Å². The molecule has 1 aromatic rings. The molecular weight excluding hydrogens is 298 g/mol. The third-order valence-electron chi connectivity index (χ3n) is 2.95. The van der Waals surface area contributed by atoms with Gasteiger partial charge in [-0.25, -0.2) is 9.78 Å². The van der Waals surface area contributed by atoms with Gasteiger partial charge < -0.3 is 15.4 Å². The number of esters is 1. The summed E-state index contributed by atoms with van der Waals surface area (Å²) in [5.41, 5.74) is 6.52. The number of nitrogens with zero attached hydrogens (tertiary/aromatic N) is 2. The summed E-state index contributed by atoms with van der Waals surface area (Å²) in [4.78, 5) is 18.1. The van der Waals surface area contributed by atoms with Crippen molar-refractivity contribution in [3.8, 4) is 0 Å². The Bertz CT molecular complexity index is 453. The SMILES string of the molecule is CCOC(=O)C1CCCN1c1ncc(Br)cc1N. The summed E-state index contributed by atoms with van der Waals surface area (Å²) in [5, 5.41) is 0. The van der Waals surface area contributed by atoms with Crippen LogP contribution in [0.2, 0.25) is 0 Å². The number of anilines is 2. The standard InChI is InChI=1S/C12H16BrN3O2/c1-2-18-12(17)10-4-3-5-16(10)11-9(14)6-8(13)7-15-11/h6-7,10H,2-5,14H2,1H3. The van der Waals surface area contributed by atoms with Gasteiger partial charge in [-0.3, -0.25) is 0 Å². The van der Waals surface area contributed by atoms with Crippen LogP contribution in [-0.4, -0.2) is 30.1 Å². The van der Waals surface area contributed by atoms with E-state index in [0.29, 0.717) is 18.1 Å². The van der Waals surface area contributed by atoms with Gasteiger partial charge in [-0.05, 0) is 41.8 Å². The van der Waals surface area contributed by atoms with Crippen molar-refractivity contribution in [2.24, 2.45) is 0 Å². The van der Waals surface area contributed by atoms with Crippen molar-refractivity contribution >= 4 is 33.4 Å². The second kappa shape index (κ2) is 5.56. The van der Waals surface area contributed by atoms with Crippen molar-refractivity contribution in [3.63, 3.8) is 0 Å². The fraction of sp³-hybridized carbons (Fsp3) is 0.500. The van der Waals surface area contributed by atoms with E-state index in [2.05, 4.69) is 20.9 Å². The van der Waals surface area contributed by atoms with Gasteiger partial charge in [0.1, 0.15) is 6.04 Å². The van der Waals surface area contributed by atoms with Crippen molar-refractivity contribution in [1.29, 1.82) is 0 Å². The Hall–Kier alpha value is -1.30. The molecule has 1 saturated heterocycles. The first kappa shape index (κ1) is 13.1. The number of carbonyl (C=O) groups excluding carboxylic acids is 1. The molecule has 0 radical (unpaired) electrons. The Morgan fingerprint density at radius 1 is 1.72 bits per heavy atom. The third-order valence-corrected chi connectivity index (χ3v) is 3.38. The Balaban J connectivity index is 2.23. The van der Waals surface area contributed by atoms with Crippen LogP contribution in [0.15, 0.2) is 16.7 Å². The molecule has 1 atom stereocenters. The number of carbonyl (C=O) groups is 1. The monoisotopic (exact) mass is 313 g/mol. The zero-order chi connectivity index (χ0) is 13.1. The van der Waals surface area contributed by atoms with Gasteiger partial charge in [0.2, 0.25) is 0 Å². The maximum absolute atomic E-state index is 11.9. The first-order valence-electron chi connectivity index (χ1n) is 5.97. The molecular formula is C12H16BrN3O2. The van der Waals surface area contributed by atoms with Gasteiger partial charge in [-0.2, -0.15) is 0 Å². The molecule has 0 spiro atoms. The molecule has 0 aromatic carbocycles. The molecule has 5 nitrogen and oxygen atoms in total. The van der Waals surface area contributed by atoms with E-state index < -0.39 is 0 Å². The lowest BCUT2D eigenvalue weighted by Gasteiger charge is -2.25. The molecule has 1 aromatic heterocycles. The zero-order valence-electron chi connectivity index (χ0n) is 10.2. The third kappa shape index (κ3) is 2.58. The summed E-state index contributed by atoms with van der Waals surface area (Å²) in [6.45, 7) is 2.98. The summed E-state index contributed by atoms with van der Waals surface area (Å²) in [7, 11) is 0. The van der Waals surface area contributed by atoms with Gasteiger partial charge in [-0.15, -0.1) is 0 Å². The fourth-order valence-corrected chi connectivity index (χ4v) is 2.54. The predicted octanol–water partition coefficient (Wildman–Crippen LogP) is 1.96. The average molecular weight is 314 g/mol. The normalized spacial score (nSPS) is 19.0. The highest BCUT2D eigenvalue weighted by Gasteiger charge is 2.33. The van der Waals surface area contributed by atoms with Crippen molar-refractivity contribution < 1.29 is 9.53 Å². The minimum atomic E-state index is -0.263. The molecule has 0 saturated carbocycles. The zero-order valence-corrected chi connectivity index (χ0v) is 11.8. The van der Waals surface area contributed by atoms with E-state index >= 15 is 0 Å². The Morgan fingerprint density at radius 2 is 2.50 bits per heavy atom. The highest BCUT2D eigenvalue weighted by Crippen LogP contribution is 2.30. The summed E-state index contributed by atoms with van der Waals surface area (Å²) in [6, 6.07) is 1.53. The number of hydrogen-bond donors (Lipinski definition) is 1. The second-order valence-electron chi connectivity index (χ2n) is 4.17. The lowest BCUT2D eigenvalue weighted by molar-refractivity contribution is -0.144. The smallest absolute Gasteiger partial charge is 0.328 e. The van der Waals surface area contributed by atoms with E-state index in [9.17, 15) is 4.79 Å². The molecule has 2 heterocycles. The van der Waals surface area contributed by atoms with Gasteiger partial charge in [0.05, 0.1) is 12.3 Å². The largest absolute Gasteiger partial charge is 0.464 e. The number of halogens is 1. The average Bonchev–Trinajstić information content (AvgIpc) is 2.78. The molecule has 1 unspecified atom stereocenters. The number of hydrogen-bond acceptors (Lipinski definition) is 5. The lowest BCUT2D eigenvalue weighted by atomic mass is 10.2. The highest BCUT2D eigenvalue weighted by atomic mass is 79.9. The number of nitrogens with two attached hydrogens (primary N) is 1. The molecule has 1 fully saturated rings. The van der Waals surface area contributed by atoms with Gasteiger partial charge in [-0.1, -0.05) is 0 Å². The van der Waals surface area contributed by atoms with Gasteiger partial charge in [0, 0.05) is 17.2 Å².